The highest BCUT2D eigenvalue weighted by Gasteiger charge is 2.30. The van der Waals surface area contributed by atoms with Gasteiger partial charge in [-0.3, -0.25) is 0 Å². The number of carbonyl (C=O) groups is 2. The van der Waals surface area contributed by atoms with Gasteiger partial charge >= 0.3 is 12.1 Å². The third-order valence-corrected chi connectivity index (χ3v) is 5.72. The lowest BCUT2D eigenvalue weighted by Crippen LogP contribution is -2.35. The Morgan fingerprint density at radius 2 is 1.61 bits per heavy atom. The highest BCUT2D eigenvalue weighted by Crippen LogP contribution is 2.44. The zero-order valence-electron chi connectivity index (χ0n) is 15.0. The van der Waals surface area contributed by atoms with Crippen molar-refractivity contribution in [1.29, 1.82) is 0 Å². The Hall–Kier alpha value is -2.96. The summed E-state index contributed by atoms with van der Waals surface area (Å²) in [4.78, 5) is 25.0. The van der Waals surface area contributed by atoms with E-state index >= 15 is 0 Å². The minimum absolute atomic E-state index is 0.0881. The number of hydrogen-bond donors (Lipinski definition) is 1. The quantitative estimate of drug-likeness (QED) is 0.521. The van der Waals surface area contributed by atoms with Crippen molar-refractivity contribution in [2.45, 2.75) is 18.4 Å². The molecule has 0 radical (unpaired) electrons. The maximum absolute atomic E-state index is 12.0. The number of esters is 1. The van der Waals surface area contributed by atoms with Crippen LogP contribution < -0.4 is 5.73 Å². The van der Waals surface area contributed by atoms with E-state index in [1.54, 1.807) is 0 Å². The first-order valence-corrected chi connectivity index (χ1v) is 9.86. The van der Waals surface area contributed by atoms with Crippen LogP contribution in [0.15, 0.2) is 66.0 Å². The second-order valence-electron chi connectivity index (χ2n) is 6.60. The molecule has 0 saturated carbocycles. The molecule has 28 heavy (non-hydrogen) atoms. The molecule has 0 saturated heterocycles. The molecule has 1 atom stereocenters. The predicted molar refractivity (Wildman–Crippen MR) is 107 cm³/mol. The maximum atomic E-state index is 12.0. The van der Waals surface area contributed by atoms with Gasteiger partial charge in [-0.2, -0.15) is 0 Å². The SMILES string of the molecule is N[C@@H](Cc1cccs1)C(=O)OC(=O)OCC1c2ccccc2-c2ccccc21. The van der Waals surface area contributed by atoms with Crippen LogP contribution in [0.5, 0.6) is 0 Å². The first-order valence-electron chi connectivity index (χ1n) is 8.98. The zero-order chi connectivity index (χ0) is 19.5. The highest BCUT2D eigenvalue weighted by atomic mass is 32.1. The van der Waals surface area contributed by atoms with Crippen LogP contribution in [-0.4, -0.2) is 24.8 Å². The fourth-order valence-electron chi connectivity index (χ4n) is 3.51. The second kappa shape index (κ2) is 7.96. The molecular weight excluding hydrogens is 374 g/mol. The molecule has 142 valence electrons. The molecule has 0 amide bonds. The summed E-state index contributed by atoms with van der Waals surface area (Å²) in [5.41, 5.74) is 10.3. The first kappa shape index (κ1) is 18.4. The summed E-state index contributed by atoms with van der Waals surface area (Å²) in [5.74, 6) is -0.875. The van der Waals surface area contributed by atoms with Crippen LogP contribution in [0.25, 0.3) is 11.1 Å². The summed E-state index contributed by atoms with van der Waals surface area (Å²) in [5, 5.41) is 1.90. The molecule has 5 nitrogen and oxygen atoms in total. The van der Waals surface area contributed by atoms with Crippen molar-refractivity contribution in [2.75, 3.05) is 6.61 Å². The van der Waals surface area contributed by atoms with Crippen molar-refractivity contribution in [3.05, 3.63) is 82.0 Å². The molecule has 1 aromatic heterocycles. The number of benzene rings is 2. The Bertz CT molecular complexity index is 954. The van der Waals surface area contributed by atoms with E-state index in [0.717, 1.165) is 27.1 Å². The van der Waals surface area contributed by atoms with Crippen molar-refractivity contribution in [3.63, 3.8) is 0 Å². The average molecular weight is 393 g/mol. The maximum Gasteiger partial charge on any atom is 0.516 e. The molecule has 6 heteroatoms. The van der Waals surface area contributed by atoms with Crippen LogP contribution >= 0.6 is 11.3 Å². The van der Waals surface area contributed by atoms with Crippen LogP contribution in [0.2, 0.25) is 0 Å². The molecule has 1 heterocycles. The molecule has 3 aromatic rings. The van der Waals surface area contributed by atoms with Crippen molar-refractivity contribution >= 4 is 23.5 Å². The van der Waals surface area contributed by atoms with Gasteiger partial charge < -0.3 is 15.2 Å². The molecule has 0 bridgehead atoms. The Labute approximate surface area is 166 Å². The van der Waals surface area contributed by atoms with Gasteiger partial charge in [0.2, 0.25) is 0 Å². The molecule has 1 aliphatic rings. The van der Waals surface area contributed by atoms with E-state index in [2.05, 4.69) is 12.1 Å². The van der Waals surface area contributed by atoms with Gasteiger partial charge in [0.05, 0.1) is 0 Å². The van der Waals surface area contributed by atoms with Gasteiger partial charge in [0.15, 0.2) is 0 Å². The van der Waals surface area contributed by atoms with E-state index in [0.29, 0.717) is 6.42 Å². The number of fused-ring (bicyclic) bond motifs is 3. The Morgan fingerprint density at radius 3 is 2.21 bits per heavy atom. The van der Waals surface area contributed by atoms with Crippen LogP contribution in [0.1, 0.15) is 21.9 Å². The fraction of sp³-hybridized carbons (Fsp3) is 0.182. The zero-order valence-corrected chi connectivity index (χ0v) is 15.9. The molecule has 0 spiro atoms. The molecule has 0 fully saturated rings. The summed E-state index contributed by atoms with van der Waals surface area (Å²) in [7, 11) is 0. The van der Waals surface area contributed by atoms with Crippen molar-refractivity contribution in [3.8, 4) is 11.1 Å². The largest absolute Gasteiger partial charge is 0.516 e. The Kier molecular flexibility index (Phi) is 5.23. The third kappa shape index (κ3) is 3.69. The van der Waals surface area contributed by atoms with Gasteiger partial charge in [-0.15, -0.1) is 11.3 Å². The third-order valence-electron chi connectivity index (χ3n) is 4.82. The average Bonchev–Trinajstić information content (AvgIpc) is 3.32. The van der Waals surface area contributed by atoms with E-state index in [4.69, 9.17) is 15.2 Å². The lowest BCUT2D eigenvalue weighted by molar-refractivity contribution is -0.141. The van der Waals surface area contributed by atoms with Gasteiger partial charge in [-0.1, -0.05) is 54.6 Å². The predicted octanol–water partition coefficient (Wildman–Crippen LogP) is 4.11. The molecular formula is C22H19NO4S. The lowest BCUT2D eigenvalue weighted by atomic mass is 9.98. The first-order chi connectivity index (χ1) is 13.6. The highest BCUT2D eigenvalue weighted by molar-refractivity contribution is 7.09. The van der Waals surface area contributed by atoms with Crippen LogP contribution in [-0.2, 0) is 20.7 Å². The van der Waals surface area contributed by atoms with Gasteiger partial charge in [0.1, 0.15) is 12.6 Å². The second-order valence-corrected chi connectivity index (χ2v) is 7.63. The van der Waals surface area contributed by atoms with Gasteiger partial charge in [-0.25, -0.2) is 9.59 Å². The smallest absolute Gasteiger partial charge is 0.433 e. The monoisotopic (exact) mass is 393 g/mol. The molecule has 4 rings (SSSR count). The molecule has 1 aliphatic carbocycles. The summed E-state index contributed by atoms with van der Waals surface area (Å²) in [6.07, 6.45) is -0.693. The minimum Gasteiger partial charge on any atom is -0.433 e. The van der Waals surface area contributed by atoms with E-state index in [9.17, 15) is 9.59 Å². The lowest BCUT2D eigenvalue weighted by Gasteiger charge is -2.14. The topological polar surface area (TPSA) is 78.6 Å². The van der Waals surface area contributed by atoms with E-state index < -0.39 is 18.2 Å². The fourth-order valence-corrected chi connectivity index (χ4v) is 4.27. The van der Waals surface area contributed by atoms with E-state index in [1.165, 1.54) is 11.3 Å². The Balaban J connectivity index is 1.38. The van der Waals surface area contributed by atoms with E-state index in [-0.39, 0.29) is 12.5 Å². The summed E-state index contributed by atoms with van der Waals surface area (Å²) >= 11 is 1.50. The van der Waals surface area contributed by atoms with Crippen molar-refractivity contribution < 1.29 is 19.1 Å². The normalized spacial score (nSPS) is 13.5. The molecule has 0 unspecified atom stereocenters. The van der Waals surface area contributed by atoms with Gasteiger partial charge in [-0.05, 0) is 33.7 Å². The molecule has 0 aliphatic heterocycles. The number of thiophene rings is 1. The van der Waals surface area contributed by atoms with E-state index in [1.807, 2.05) is 53.9 Å². The van der Waals surface area contributed by atoms with Crippen molar-refractivity contribution in [1.82, 2.24) is 0 Å². The van der Waals surface area contributed by atoms with Gasteiger partial charge in [0, 0.05) is 17.2 Å². The summed E-state index contributed by atoms with van der Waals surface area (Å²) in [6.45, 7) is 0.0975. The van der Waals surface area contributed by atoms with Crippen molar-refractivity contribution in [2.24, 2.45) is 5.73 Å². The standard InChI is InChI=1S/C22H19NO4S/c23-20(12-14-6-5-11-28-14)21(24)27-22(25)26-13-19-17-9-3-1-7-15(17)16-8-2-4-10-18(16)19/h1-11,19-20H,12-13,23H2/t20-/m0/s1. The van der Waals surface area contributed by atoms with Crippen LogP contribution in [0.4, 0.5) is 4.79 Å². The van der Waals surface area contributed by atoms with Crippen LogP contribution in [0.3, 0.4) is 0 Å². The molecule has 2 N–H and O–H groups in total. The Morgan fingerprint density at radius 1 is 0.964 bits per heavy atom. The molecule has 2 aromatic carbocycles. The van der Waals surface area contributed by atoms with Gasteiger partial charge in [0.25, 0.3) is 0 Å². The summed E-state index contributed by atoms with van der Waals surface area (Å²) < 4.78 is 10.0. The van der Waals surface area contributed by atoms with Crippen LogP contribution in [0, 0.1) is 0 Å². The minimum atomic E-state index is -1.02. The summed E-state index contributed by atoms with van der Waals surface area (Å²) in [6, 6.07) is 18.9. The number of nitrogens with two attached hydrogens (primary N) is 1. The number of rotatable bonds is 5. The number of carbonyl (C=O) groups excluding carboxylic acids is 2. The number of ether oxygens (including phenoxy) is 2. The number of hydrogen-bond acceptors (Lipinski definition) is 6.